The second-order valence-electron chi connectivity index (χ2n) is 9.36. The van der Waals surface area contributed by atoms with Gasteiger partial charge in [0.1, 0.15) is 5.75 Å². The summed E-state index contributed by atoms with van der Waals surface area (Å²) in [6.45, 7) is 1.76. The molecule has 1 aliphatic heterocycles. The van der Waals surface area contributed by atoms with E-state index in [-0.39, 0.29) is 24.1 Å². The number of carbonyl (C=O) groups is 3. The van der Waals surface area contributed by atoms with Crippen molar-refractivity contribution in [3.05, 3.63) is 79.0 Å². The number of para-hydroxylation sites is 1. The third-order valence-corrected chi connectivity index (χ3v) is 8.09. The summed E-state index contributed by atoms with van der Waals surface area (Å²) in [5, 5.41) is 6.31. The summed E-state index contributed by atoms with van der Waals surface area (Å²) in [5.41, 5.74) is 5.87. The van der Waals surface area contributed by atoms with E-state index in [1.165, 1.54) is 0 Å². The van der Waals surface area contributed by atoms with Crippen LogP contribution >= 0.6 is 31.9 Å². The van der Waals surface area contributed by atoms with Crippen molar-refractivity contribution in [3.8, 4) is 5.75 Å². The van der Waals surface area contributed by atoms with Crippen molar-refractivity contribution in [2.75, 3.05) is 11.9 Å². The van der Waals surface area contributed by atoms with Gasteiger partial charge < -0.3 is 15.4 Å². The fourth-order valence-corrected chi connectivity index (χ4v) is 6.69. The van der Waals surface area contributed by atoms with Gasteiger partial charge in [-0.05, 0) is 93.8 Å². The number of aryl methyl sites for hydroxylation is 1. The standard InChI is InChI=1S/C28H26Br2N2O4/c1-15-6-2-3-7-19(15)32-24(35)14-36-28-17(29)12-16(13-18(28)30)25-26-20(8-4-10-22(26)33)31-21-9-5-11-23(34)27(21)25/h2-3,6-7,12-13,25,31H,4-5,8-11,14H2,1H3,(H,32,35). The summed E-state index contributed by atoms with van der Waals surface area (Å²) < 4.78 is 7.15. The first kappa shape index (κ1) is 25.0. The molecule has 36 heavy (non-hydrogen) atoms. The highest BCUT2D eigenvalue weighted by Gasteiger charge is 2.40. The summed E-state index contributed by atoms with van der Waals surface area (Å²) in [6.07, 6.45) is 4.24. The van der Waals surface area contributed by atoms with Crippen LogP contribution in [0.1, 0.15) is 55.6 Å². The van der Waals surface area contributed by atoms with Crippen LogP contribution in [0.4, 0.5) is 5.69 Å². The van der Waals surface area contributed by atoms with Crippen molar-refractivity contribution >= 4 is 55.0 Å². The van der Waals surface area contributed by atoms with Crippen LogP contribution in [0.25, 0.3) is 0 Å². The quantitative estimate of drug-likeness (QED) is 0.417. The fourth-order valence-electron chi connectivity index (χ4n) is 5.24. The van der Waals surface area contributed by atoms with Gasteiger partial charge in [-0.2, -0.15) is 0 Å². The Morgan fingerprint density at radius 3 is 2.14 bits per heavy atom. The van der Waals surface area contributed by atoms with E-state index in [1.54, 1.807) is 0 Å². The lowest BCUT2D eigenvalue weighted by Gasteiger charge is -2.37. The van der Waals surface area contributed by atoms with Crippen LogP contribution in [-0.4, -0.2) is 24.1 Å². The number of ketones is 2. The molecule has 3 aliphatic rings. The molecule has 8 heteroatoms. The molecule has 2 N–H and O–H groups in total. The normalized spacial score (nSPS) is 18.0. The number of halogens is 2. The molecule has 0 saturated heterocycles. The maximum absolute atomic E-state index is 13.1. The van der Waals surface area contributed by atoms with Gasteiger partial charge in [0.2, 0.25) is 0 Å². The largest absolute Gasteiger partial charge is 0.481 e. The molecule has 1 heterocycles. The van der Waals surface area contributed by atoms with Crippen LogP contribution in [-0.2, 0) is 14.4 Å². The van der Waals surface area contributed by atoms with Crippen LogP contribution in [0, 0.1) is 6.92 Å². The summed E-state index contributed by atoms with van der Waals surface area (Å²) >= 11 is 7.19. The smallest absolute Gasteiger partial charge is 0.262 e. The number of dihydropyridines is 1. The van der Waals surface area contributed by atoms with Gasteiger partial charge in [-0.3, -0.25) is 14.4 Å². The Morgan fingerprint density at radius 2 is 1.56 bits per heavy atom. The Balaban J connectivity index is 1.43. The van der Waals surface area contributed by atoms with Gasteiger partial charge in [0.05, 0.1) is 8.95 Å². The van der Waals surface area contributed by atoms with Crippen LogP contribution < -0.4 is 15.4 Å². The highest BCUT2D eigenvalue weighted by atomic mass is 79.9. The maximum atomic E-state index is 13.1. The molecule has 5 rings (SSSR count). The summed E-state index contributed by atoms with van der Waals surface area (Å²) in [4.78, 5) is 38.6. The van der Waals surface area contributed by atoms with Gasteiger partial charge in [-0.1, -0.05) is 18.2 Å². The second kappa shape index (κ2) is 10.3. The second-order valence-corrected chi connectivity index (χ2v) is 11.1. The minimum Gasteiger partial charge on any atom is -0.481 e. The number of rotatable bonds is 5. The minimum absolute atomic E-state index is 0.0964. The molecule has 2 aromatic carbocycles. The molecule has 0 saturated carbocycles. The van der Waals surface area contributed by atoms with Gasteiger partial charge in [-0.25, -0.2) is 0 Å². The Morgan fingerprint density at radius 1 is 0.972 bits per heavy atom. The lowest BCUT2D eigenvalue weighted by atomic mass is 9.71. The first-order valence-corrected chi connectivity index (χ1v) is 13.7. The molecule has 0 atom stereocenters. The van der Waals surface area contributed by atoms with E-state index in [9.17, 15) is 14.4 Å². The SMILES string of the molecule is Cc1ccccc1NC(=O)COc1c(Br)cc(C2C3=C(CCCC3=O)NC3=C2C(=O)CCC3)cc1Br. The van der Waals surface area contributed by atoms with Crippen molar-refractivity contribution < 1.29 is 19.1 Å². The van der Waals surface area contributed by atoms with Gasteiger partial charge in [0, 0.05) is 47.0 Å². The molecule has 0 unspecified atom stereocenters. The van der Waals surface area contributed by atoms with Gasteiger partial charge >= 0.3 is 0 Å². The number of Topliss-reactive ketones (excluding diaryl/α,β-unsaturated/α-hetero) is 2. The lowest BCUT2D eigenvalue weighted by molar-refractivity contribution is -0.118. The Bertz CT molecular complexity index is 1280. The molecule has 2 aliphatic carbocycles. The predicted molar refractivity (Wildman–Crippen MR) is 145 cm³/mol. The number of hydrogen-bond donors (Lipinski definition) is 2. The highest BCUT2D eigenvalue weighted by Crippen LogP contribution is 2.47. The van der Waals surface area contributed by atoms with E-state index in [1.807, 2.05) is 43.3 Å². The highest BCUT2D eigenvalue weighted by molar-refractivity contribution is 9.11. The van der Waals surface area contributed by atoms with Gasteiger partial charge in [0.25, 0.3) is 5.91 Å². The zero-order chi connectivity index (χ0) is 25.4. The predicted octanol–water partition coefficient (Wildman–Crippen LogP) is 6.24. The molecule has 1 amide bonds. The van der Waals surface area contributed by atoms with E-state index in [0.29, 0.717) is 38.7 Å². The molecule has 186 valence electrons. The van der Waals surface area contributed by atoms with Gasteiger partial charge in [-0.15, -0.1) is 0 Å². The van der Waals surface area contributed by atoms with Crippen LogP contribution in [0.2, 0.25) is 0 Å². The third kappa shape index (κ3) is 4.81. The lowest BCUT2D eigenvalue weighted by Crippen LogP contribution is -2.36. The minimum atomic E-state index is -0.400. The molecule has 0 bridgehead atoms. The molecular formula is C28H26Br2N2O4. The molecule has 2 aromatic rings. The molecular weight excluding hydrogens is 588 g/mol. The molecule has 0 aromatic heterocycles. The monoisotopic (exact) mass is 612 g/mol. The van der Waals surface area contributed by atoms with Crippen molar-refractivity contribution in [1.82, 2.24) is 5.32 Å². The zero-order valence-corrected chi connectivity index (χ0v) is 23.1. The van der Waals surface area contributed by atoms with E-state index >= 15 is 0 Å². The van der Waals surface area contributed by atoms with Crippen molar-refractivity contribution in [2.24, 2.45) is 0 Å². The molecule has 0 fully saturated rings. The van der Waals surface area contributed by atoms with Crippen LogP contribution in [0.15, 0.2) is 67.9 Å². The number of allylic oxidation sites excluding steroid dienone is 4. The zero-order valence-electron chi connectivity index (χ0n) is 19.9. The fraction of sp³-hybridized carbons (Fsp3) is 0.321. The molecule has 6 nitrogen and oxygen atoms in total. The number of nitrogens with one attached hydrogen (secondary N) is 2. The number of ether oxygens (including phenoxy) is 1. The number of benzene rings is 2. The number of anilines is 1. The molecule has 0 radical (unpaired) electrons. The van der Waals surface area contributed by atoms with Crippen LogP contribution in [0.3, 0.4) is 0 Å². The third-order valence-electron chi connectivity index (χ3n) is 6.91. The van der Waals surface area contributed by atoms with E-state index < -0.39 is 5.92 Å². The topological polar surface area (TPSA) is 84.5 Å². The van der Waals surface area contributed by atoms with E-state index in [2.05, 4.69) is 42.5 Å². The summed E-state index contributed by atoms with van der Waals surface area (Å²) in [6, 6.07) is 11.4. The first-order valence-electron chi connectivity index (χ1n) is 12.1. The van der Waals surface area contributed by atoms with Crippen molar-refractivity contribution in [1.29, 1.82) is 0 Å². The number of amides is 1. The number of hydrogen-bond acceptors (Lipinski definition) is 5. The van der Waals surface area contributed by atoms with Gasteiger partial charge in [0.15, 0.2) is 18.2 Å². The maximum Gasteiger partial charge on any atom is 0.262 e. The van der Waals surface area contributed by atoms with E-state index in [0.717, 1.165) is 53.9 Å². The average molecular weight is 614 g/mol. The van der Waals surface area contributed by atoms with Crippen LogP contribution in [0.5, 0.6) is 5.75 Å². The van der Waals surface area contributed by atoms with Crippen molar-refractivity contribution in [2.45, 2.75) is 51.4 Å². The number of carbonyl (C=O) groups excluding carboxylic acids is 3. The Kier molecular flexibility index (Phi) is 7.17. The van der Waals surface area contributed by atoms with Crippen molar-refractivity contribution in [3.63, 3.8) is 0 Å². The first-order chi connectivity index (χ1) is 17.3. The average Bonchev–Trinajstić information content (AvgIpc) is 2.84. The summed E-state index contributed by atoms with van der Waals surface area (Å²) in [7, 11) is 0. The summed E-state index contributed by atoms with van der Waals surface area (Å²) in [5.74, 6) is 0.0118. The molecule has 0 spiro atoms. The Hall–Kier alpha value is -2.71. The van der Waals surface area contributed by atoms with E-state index in [4.69, 9.17) is 4.74 Å². The Labute approximate surface area is 226 Å².